The maximum absolute atomic E-state index is 4.45. The predicted molar refractivity (Wildman–Crippen MR) is 76.2 cm³/mol. The van der Waals surface area contributed by atoms with Crippen molar-refractivity contribution in [1.29, 1.82) is 0 Å². The van der Waals surface area contributed by atoms with Gasteiger partial charge in [-0.15, -0.1) is 0 Å². The molecule has 18 heavy (non-hydrogen) atoms. The van der Waals surface area contributed by atoms with E-state index in [-0.39, 0.29) is 5.54 Å². The molecule has 0 bridgehead atoms. The summed E-state index contributed by atoms with van der Waals surface area (Å²) in [5.74, 6) is 2.37. The van der Waals surface area contributed by atoms with E-state index in [1.165, 1.54) is 24.8 Å². The third-order valence-corrected chi connectivity index (χ3v) is 3.68. The van der Waals surface area contributed by atoms with Crippen LogP contribution in [0, 0.1) is 0 Å². The second-order valence-corrected chi connectivity index (χ2v) is 5.71. The van der Waals surface area contributed by atoms with E-state index in [9.17, 15) is 0 Å². The molecule has 1 fully saturated rings. The van der Waals surface area contributed by atoms with Gasteiger partial charge in [-0.1, -0.05) is 13.8 Å². The van der Waals surface area contributed by atoms with Crippen molar-refractivity contribution in [3.05, 3.63) is 11.9 Å². The summed E-state index contributed by atoms with van der Waals surface area (Å²) in [5.41, 5.74) is 1.43. The van der Waals surface area contributed by atoms with Crippen LogP contribution < -0.4 is 10.6 Å². The number of hydrogen-bond donors (Lipinski definition) is 2. The summed E-state index contributed by atoms with van der Waals surface area (Å²) in [5, 5.41) is 6.94. The highest BCUT2D eigenvalue weighted by Crippen LogP contribution is 2.37. The molecule has 0 saturated heterocycles. The summed E-state index contributed by atoms with van der Waals surface area (Å²) in [4.78, 5) is 8.81. The Balaban J connectivity index is 2.30. The van der Waals surface area contributed by atoms with Gasteiger partial charge in [0.15, 0.2) is 0 Å². The highest BCUT2D eigenvalue weighted by Gasteiger charge is 2.33. The minimum atomic E-state index is 0.224. The quantitative estimate of drug-likeness (QED) is 0.838. The molecule has 0 aromatic carbocycles. The fraction of sp³-hybridized carbons (Fsp3) is 0.714. The molecule has 2 rings (SSSR count). The molecule has 2 N–H and O–H groups in total. The number of hydrogen-bond acceptors (Lipinski definition) is 4. The molecule has 4 heteroatoms. The zero-order valence-corrected chi connectivity index (χ0v) is 11.9. The summed E-state index contributed by atoms with van der Waals surface area (Å²) in [7, 11) is 0. The first-order chi connectivity index (χ1) is 8.56. The summed E-state index contributed by atoms with van der Waals surface area (Å²) < 4.78 is 0. The van der Waals surface area contributed by atoms with Gasteiger partial charge >= 0.3 is 0 Å². The Morgan fingerprint density at radius 3 is 2.44 bits per heavy atom. The van der Waals surface area contributed by atoms with Crippen LogP contribution in [0.15, 0.2) is 6.33 Å². The molecule has 4 nitrogen and oxygen atoms in total. The number of anilines is 2. The SMILES string of the molecule is CCNc1ncnc(NC2(C)CCC2)c1C(C)C. The van der Waals surface area contributed by atoms with Gasteiger partial charge in [0.1, 0.15) is 18.0 Å². The van der Waals surface area contributed by atoms with Crippen molar-refractivity contribution in [2.75, 3.05) is 17.2 Å². The van der Waals surface area contributed by atoms with Crippen molar-refractivity contribution in [3.63, 3.8) is 0 Å². The lowest BCUT2D eigenvalue weighted by molar-refractivity contribution is 0.305. The van der Waals surface area contributed by atoms with Crippen LogP contribution in [0.5, 0.6) is 0 Å². The van der Waals surface area contributed by atoms with Crippen LogP contribution in [0.1, 0.15) is 58.4 Å². The van der Waals surface area contributed by atoms with Gasteiger partial charge < -0.3 is 10.6 Å². The molecule has 0 unspecified atom stereocenters. The standard InChI is InChI=1S/C14H24N4/c1-5-15-12-11(10(2)3)13(17-9-16-12)18-14(4)7-6-8-14/h9-10H,5-8H2,1-4H3,(H2,15,16,17,18). The summed E-state index contributed by atoms with van der Waals surface area (Å²) in [6, 6.07) is 0. The number of nitrogens with one attached hydrogen (secondary N) is 2. The summed E-state index contributed by atoms with van der Waals surface area (Å²) >= 11 is 0. The van der Waals surface area contributed by atoms with E-state index < -0.39 is 0 Å². The van der Waals surface area contributed by atoms with Crippen LogP contribution in [-0.2, 0) is 0 Å². The Bertz CT molecular complexity index is 410. The molecule has 1 aliphatic carbocycles. The molecule has 0 aliphatic heterocycles. The average molecular weight is 248 g/mol. The van der Waals surface area contributed by atoms with Gasteiger partial charge in [-0.05, 0) is 39.0 Å². The monoisotopic (exact) mass is 248 g/mol. The first kappa shape index (κ1) is 13.1. The number of aromatic nitrogens is 2. The van der Waals surface area contributed by atoms with Gasteiger partial charge in [-0.2, -0.15) is 0 Å². The van der Waals surface area contributed by atoms with E-state index in [0.29, 0.717) is 5.92 Å². The number of rotatable bonds is 5. The fourth-order valence-corrected chi connectivity index (χ4v) is 2.47. The largest absolute Gasteiger partial charge is 0.370 e. The van der Waals surface area contributed by atoms with E-state index >= 15 is 0 Å². The maximum atomic E-state index is 4.45. The van der Waals surface area contributed by atoms with Gasteiger partial charge in [-0.3, -0.25) is 0 Å². The van der Waals surface area contributed by atoms with Gasteiger partial charge in [-0.25, -0.2) is 9.97 Å². The normalized spacial score (nSPS) is 17.4. The highest BCUT2D eigenvalue weighted by atomic mass is 15.1. The van der Waals surface area contributed by atoms with Crippen LogP contribution in [0.25, 0.3) is 0 Å². The van der Waals surface area contributed by atoms with E-state index in [1.807, 2.05) is 0 Å². The van der Waals surface area contributed by atoms with Crippen molar-refractivity contribution in [3.8, 4) is 0 Å². The second kappa shape index (κ2) is 5.12. The molecule has 1 saturated carbocycles. The molecular formula is C14H24N4. The molecule has 100 valence electrons. The van der Waals surface area contributed by atoms with Crippen molar-refractivity contribution >= 4 is 11.6 Å². The number of nitrogens with zero attached hydrogens (tertiary/aromatic N) is 2. The third-order valence-electron chi connectivity index (χ3n) is 3.68. The van der Waals surface area contributed by atoms with Crippen molar-refractivity contribution < 1.29 is 0 Å². The predicted octanol–water partition coefficient (Wildman–Crippen LogP) is 3.39. The van der Waals surface area contributed by atoms with Crippen LogP contribution in [-0.4, -0.2) is 22.1 Å². The lowest BCUT2D eigenvalue weighted by Gasteiger charge is -2.40. The lowest BCUT2D eigenvalue weighted by Crippen LogP contribution is -2.42. The molecule has 0 amide bonds. The highest BCUT2D eigenvalue weighted by molar-refractivity contribution is 5.60. The molecule has 1 aliphatic rings. The Morgan fingerprint density at radius 2 is 1.94 bits per heavy atom. The molecule has 1 aromatic heterocycles. The second-order valence-electron chi connectivity index (χ2n) is 5.71. The third kappa shape index (κ3) is 2.57. The fourth-order valence-electron chi connectivity index (χ4n) is 2.47. The summed E-state index contributed by atoms with van der Waals surface area (Å²) in [6.45, 7) is 9.62. The van der Waals surface area contributed by atoms with E-state index in [0.717, 1.165) is 18.2 Å². The van der Waals surface area contributed by atoms with Crippen LogP contribution in [0.2, 0.25) is 0 Å². The zero-order valence-electron chi connectivity index (χ0n) is 11.9. The first-order valence-corrected chi connectivity index (χ1v) is 6.92. The molecule has 0 radical (unpaired) electrons. The Hall–Kier alpha value is -1.32. The van der Waals surface area contributed by atoms with E-state index in [1.54, 1.807) is 6.33 Å². The van der Waals surface area contributed by atoms with E-state index in [4.69, 9.17) is 0 Å². The minimum Gasteiger partial charge on any atom is -0.370 e. The lowest BCUT2D eigenvalue weighted by atomic mass is 9.78. The first-order valence-electron chi connectivity index (χ1n) is 6.92. The Labute approximate surface area is 110 Å². The molecule has 0 atom stereocenters. The van der Waals surface area contributed by atoms with Gasteiger partial charge in [0, 0.05) is 17.6 Å². The average Bonchev–Trinajstić information content (AvgIpc) is 2.27. The van der Waals surface area contributed by atoms with E-state index in [2.05, 4.69) is 48.3 Å². The molecule has 1 heterocycles. The van der Waals surface area contributed by atoms with Gasteiger partial charge in [0.25, 0.3) is 0 Å². The van der Waals surface area contributed by atoms with Crippen LogP contribution in [0.4, 0.5) is 11.6 Å². The Kier molecular flexibility index (Phi) is 3.73. The topological polar surface area (TPSA) is 49.8 Å². The van der Waals surface area contributed by atoms with Gasteiger partial charge in [0.2, 0.25) is 0 Å². The maximum Gasteiger partial charge on any atom is 0.135 e. The van der Waals surface area contributed by atoms with Gasteiger partial charge in [0.05, 0.1) is 0 Å². The smallest absolute Gasteiger partial charge is 0.135 e. The van der Waals surface area contributed by atoms with Crippen LogP contribution in [0.3, 0.4) is 0 Å². The zero-order chi connectivity index (χ0) is 13.2. The molecular weight excluding hydrogens is 224 g/mol. The molecule has 0 spiro atoms. The molecule has 1 aromatic rings. The van der Waals surface area contributed by atoms with Crippen molar-refractivity contribution in [2.24, 2.45) is 0 Å². The van der Waals surface area contributed by atoms with Crippen molar-refractivity contribution in [2.45, 2.75) is 58.4 Å². The Morgan fingerprint density at radius 1 is 1.28 bits per heavy atom. The van der Waals surface area contributed by atoms with Crippen LogP contribution >= 0.6 is 0 Å². The summed E-state index contributed by atoms with van der Waals surface area (Å²) in [6.07, 6.45) is 5.41. The van der Waals surface area contributed by atoms with Crippen molar-refractivity contribution in [1.82, 2.24) is 9.97 Å². The minimum absolute atomic E-state index is 0.224.